The van der Waals surface area contributed by atoms with Gasteiger partial charge in [0.05, 0.1) is 12.3 Å². The first kappa shape index (κ1) is 15.2. The van der Waals surface area contributed by atoms with Crippen LogP contribution < -0.4 is 5.73 Å². The van der Waals surface area contributed by atoms with Crippen LogP contribution in [0.4, 0.5) is 0 Å². The lowest BCUT2D eigenvalue weighted by Gasteiger charge is -2.29. The van der Waals surface area contributed by atoms with Gasteiger partial charge in [-0.25, -0.2) is 0 Å². The molecule has 0 spiro atoms. The minimum Gasteiger partial charge on any atom is -0.465 e. The van der Waals surface area contributed by atoms with Crippen LogP contribution in [0.25, 0.3) is 0 Å². The number of hydrogen-bond donors (Lipinski definition) is 1. The first-order valence-electron chi connectivity index (χ1n) is 6.90. The van der Waals surface area contributed by atoms with Gasteiger partial charge < -0.3 is 10.5 Å². The summed E-state index contributed by atoms with van der Waals surface area (Å²) in [7, 11) is 1.79. The Balaban J connectivity index is 2.43. The van der Waals surface area contributed by atoms with Gasteiger partial charge in [-0.1, -0.05) is 35.5 Å². The van der Waals surface area contributed by atoms with Gasteiger partial charge in [0.2, 0.25) is 0 Å². The number of benzene rings is 1. The molecule has 21 heavy (non-hydrogen) atoms. The molecule has 0 fully saturated rings. The number of nitrogens with two attached hydrogens (primary N) is 1. The molecule has 2 aromatic rings. The van der Waals surface area contributed by atoms with Gasteiger partial charge in [0.1, 0.15) is 5.41 Å². The lowest BCUT2D eigenvalue weighted by molar-refractivity contribution is -0.149. The molecule has 0 amide bonds. The summed E-state index contributed by atoms with van der Waals surface area (Å²) in [5, 5.41) is 7.97. The number of esters is 1. The van der Waals surface area contributed by atoms with E-state index < -0.39 is 5.41 Å². The number of ether oxygens (including phenoxy) is 1. The van der Waals surface area contributed by atoms with Gasteiger partial charge in [0, 0.05) is 26.2 Å². The van der Waals surface area contributed by atoms with E-state index in [2.05, 4.69) is 10.3 Å². The number of hydrogen-bond acceptors (Lipinski definition) is 5. The molecule has 1 atom stereocenters. The topological polar surface area (TPSA) is 83.0 Å². The maximum Gasteiger partial charge on any atom is 0.318 e. The third kappa shape index (κ3) is 3.11. The fourth-order valence-electron chi connectivity index (χ4n) is 2.38. The van der Waals surface area contributed by atoms with Crippen molar-refractivity contribution in [3.63, 3.8) is 0 Å². The molecule has 1 aromatic carbocycles. The predicted molar refractivity (Wildman–Crippen MR) is 78.5 cm³/mol. The molecule has 0 aliphatic rings. The quantitative estimate of drug-likeness (QED) is 0.796. The number of nitrogens with zero attached hydrogens (tertiary/aromatic N) is 3. The highest BCUT2D eigenvalue weighted by molar-refractivity contribution is 5.84. The molecule has 1 unspecified atom stereocenters. The fraction of sp³-hybridized carbons (Fsp3) is 0.400. The van der Waals surface area contributed by atoms with Gasteiger partial charge in [0.25, 0.3) is 0 Å². The Morgan fingerprint density at radius 3 is 2.62 bits per heavy atom. The zero-order valence-corrected chi connectivity index (χ0v) is 12.3. The smallest absolute Gasteiger partial charge is 0.318 e. The summed E-state index contributed by atoms with van der Waals surface area (Å²) in [6.45, 7) is 2.24. The molecule has 0 bridgehead atoms. The Kier molecular flexibility index (Phi) is 4.70. The van der Waals surface area contributed by atoms with Gasteiger partial charge in [0.15, 0.2) is 0 Å². The summed E-state index contributed by atoms with van der Waals surface area (Å²) in [5.41, 5.74) is 6.57. The van der Waals surface area contributed by atoms with Gasteiger partial charge in [-0.3, -0.25) is 9.48 Å². The molecule has 1 aromatic heterocycles. The van der Waals surface area contributed by atoms with E-state index in [0.29, 0.717) is 18.7 Å². The Morgan fingerprint density at radius 1 is 1.38 bits per heavy atom. The minimum absolute atomic E-state index is 0.145. The summed E-state index contributed by atoms with van der Waals surface area (Å²) >= 11 is 0. The zero-order chi connectivity index (χ0) is 15.3. The fourth-order valence-corrected chi connectivity index (χ4v) is 2.38. The van der Waals surface area contributed by atoms with E-state index in [1.165, 1.54) is 0 Å². The van der Waals surface area contributed by atoms with Crippen LogP contribution in [0.2, 0.25) is 0 Å². The van der Waals surface area contributed by atoms with Crippen LogP contribution in [-0.4, -0.2) is 34.1 Å². The third-order valence-corrected chi connectivity index (χ3v) is 3.47. The molecule has 112 valence electrons. The van der Waals surface area contributed by atoms with Crippen molar-refractivity contribution in [3.05, 3.63) is 47.8 Å². The van der Waals surface area contributed by atoms with Gasteiger partial charge in [-0.05, 0) is 12.5 Å². The van der Waals surface area contributed by atoms with Crippen LogP contribution >= 0.6 is 0 Å². The summed E-state index contributed by atoms with van der Waals surface area (Å²) in [5.74, 6) is -0.329. The number of carbonyl (C=O) groups excluding carboxylic acids is 1. The van der Waals surface area contributed by atoms with Crippen LogP contribution in [0.5, 0.6) is 0 Å². The average Bonchev–Trinajstić information content (AvgIpc) is 2.91. The van der Waals surface area contributed by atoms with E-state index >= 15 is 0 Å². The monoisotopic (exact) mass is 288 g/mol. The minimum atomic E-state index is -0.937. The number of aryl methyl sites for hydroxylation is 1. The molecule has 1 heterocycles. The van der Waals surface area contributed by atoms with Crippen molar-refractivity contribution >= 4 is 5.97 Å². The summed E-state index contributed by atoms with van der Waals surface area (Å²) < 4.78 is 6.86. The normalized spacial score (nSPS) is 13.7. The molecule has 6 nitrogen and oxygen atoms in total. The summed E-state index contributed by atoms with van der Waals surface area (Å²) in [6.07, 6.45) is 2.15. The maximum atomic E-state index is 12.6. The second-order valence-corrected chi connectivity index (χ2v) is 4.93. The van der Waals surface area contributed by atoms with E-state index in [4.69, 9.17) is 10.5 Å². The highest BCUT2D eigenvalue weighted by Gasteiger charge is 2.41. The predicted octanol–water partition coefficient (Wildman–Crippen LogP) is 0.817. The van der Waals surface area contributed by atoms with E-state index in [1.807, 2.05) is 30.3 Å². The van der Waals surface area contributed by atoms with Crippen LogP contribution in [0.15, 0.2) is 36.5 Å². The first-order chi connectivity index (χ1) is 10.1. The SMILES string of the molecule is CCOC(=O)C(CN)(Cc1cn(C)nn1)c1ccccc1. The molecule has 0 saturated heterocycles. The first-order valence-corrected chi connectivity index (χ1v) is 6.90. The number of rotatable bonds is 6. The summed E-state index contributed by atoms with van der Waals surface area (Å²) in [4.78, 5) is 12.6. The largest absolute Gasteiger partial charge is 0.465 e. The molecule has 0 aliphatic carbocycles. The Morgan fingerprint density at radius 2 is 2.10 bits per heavy atom. The lowest BCUT2D eigenvalue weighted by Crippen LogP contribution is -2.46. The molecule has 2 rings (SSSR count). The van der Waals surface area contributed by atoms with Crippen LogP contribution in [0.1, 0.15) is 18.2 Å². The van der Waals surface area contributed by atoms with E-state index in [-0.39, 0.29) is 12.5 Å². The second-order valence-electron chi connectivity index (χ2n) is 4.93. The van der Waals surface area contributed by atoms with E-state index in [1.54, 1.807) is 24.9 Å². The molecular formula is C15H20N4O2. The second kappa shape index (κ2) is 6.49. The van der Waals surface area contributed by atoms with Crippen molar-refractivity contribution in [1.29, 1.82) is 0 Å². The third-order valence-electron chi connectivity index (χ3n) is 3.47. The molecule has 0 saturated carbocycles. The van der Waals surface area contributed by atoms with E-state index in [9.17, 15) is 4.79 Å². The highest BCUT2D eigenvalue weighted by atomic mass is 16.5. The Labute approximate surface area is 123 Å². The number of aromatic nitrogens is 3. The zero-order valence-electron chi connectivity index (χ0n) is 12.3. The van der Waals surface area contributed by atoms with Crippen LogP contribution in [-0.2, 0) is 28.4 Å². The molecule has 2 N–H and O–H groups in total. The number of carbonyl (C=O) groups is 1. The van der Waals surface area contributed by atoms with Crippen LogP contribution in [0, 0.1) is 0 Å². The van der Waals surface area contributed by atoms with Crippen molar-refractivity contribution in [1.82, 2.24) is 15.0 Å². The van der Waals surface area contributed by atoms with Crippen molar-refractivity contribution in [3.8, 4) is 0 Å². The van der Waals surface area contributed by atoms with Crippen LogP contribution in [0.3, 0.4) is 0 Å². The highest BCUT2D eigenvalue weighted by Crippen LogP contribution is 2.29. The Bertz CT molecular complexity index is 597. The molecule has 0 radical (unpaired) electrons. The van der Waals surface area contributed by atoms with Gasteiger partial charge >= 0.3 is 5.97 Å². The van der Waals surface area contributed by atoms with Gasteiger partial charge in [-0.2, -0.15) is 0 Å². The van der Waals surface area contributed by atoms with E-state index in [0.717, 1.165) is 5.56 Å². The lowest BCUT2D eigenvalue weighted by atomic mass is 9.76. The molecule has 0 aliphatic heterocycles. The molecule has 6 heteroatoms. The van der Waals surface area contributed by atoms with Crippen molar-refractivity contribution in [2.24, 2.45) is 12.8 Å². The average molecular weight is 288 g/mol. The van der Waals surface area contributed by atoms with Crippen molar-refractivity contribution < 1.29 is 9.53 Å². The maximum absolute atomic E-state index is 12.6. The van der Waals surface area contributed by atoms with Gasteiger partial charge in [-0.15, -0.1) is 5.10 Å². The van der Waals surface area contributed by atoms with Crippen molar-refractivity contribution in [2.45, 2.75) is 18.8 Å². The van der Waals surface area contributed by atoms with Crippen molar-refractivity contribution in [2.75, 3.05) is 13.2 Å². The standard InChI is InChI=1S/C15H20N4O2/c1-3-21-14(20)15(11-16,12-7-5-4-6-8-12)9-13-10-19(2)18-17-13/h4-8,10H,3,9,11,16H2,1-2H3. The molecular weight excluding hydrogens is 268 g/mol. The Hall–Kier alpha value is -2.21. The summed E-state index contributed by atoms with van der Waals surface area (Å²) in [6, 6.07) is 9.45.